The van der Waals surface area contributed by atoms with Gasteiger partial charge in [0, 0.05) is 23.8 Å². The molecule has 4 heteroatoms. The largest absolute Gasteiger partial charge is 0.388 e. The first kappa shape index (κ1) is 11.8. The molecule has 16 heavy (non-hydrogen) atoms. The average Bonchev–Trinajstić information content (AvgIpc) is 2.29. The number of hydrogen-bond acceptors (Lipinski definition) is 2. The van der Waals surface area contributed by atoms with Gasteiger partial charge >= 0.3 is 0 Å². The van der Waals surface area contributed by atoms with Gasteiger partial charge in [-0.25, -0.2) is 4.39 Å². The molecule has 88 valence electrons. The minimum absolute atomic E-state index is 0.0735. The van der Waals surface area contributed by atoms with E-state index < -0.39 is 11.9 Å². The summed E-state index contributed by atoms with van der Waals surface area (Å²) in [6, 6.07) is 4.39. The molecule has 1 heterocycles. The van der Waals surface area contributed by atoms with Crippen molar-refractivity contribution < 1.29 is 14.2 Å². The van der Waals surface area contributed by atoms with Crippen molar-refractivity contribution in [1.82, 2.24) is 0 Å². The molecule has 1 unspecified atom stereocenters. The number of hydrogen-bond donors (Lipinski definition) is 1. The fraction of sp³-hybridized carbons (Fsp3) is 0.500. The normalized spacial score (nSPS) is 19.7. The van der Waals surface area contributed by atoms with E-state index in [1.807, 2.05) is 0 Å². The maximum absolute atomic E-state index is 13.6. The lowest BCUT2D eigenvalue weighted by Gasteiger charge is -2.27. The zero-order valence-electron chi connectivity index (χ0n) is 8.83. The highest BCUT2D eigenvalue weighted by atomic mass is 35.5. The number of aliphatic hydroxyl groups is 1. The van der Waals surface area contributed by atoms with Crippen LogP contribution in [0.15, 0.2) is 18.2 Å². The summed E-state index contributed by atoms with van der Waals surface area (Å²) in [5.74, 6) is -0.365. The van der Waals surface area contributed by atoms with Gasteiger partial charge in [-0.05, 0) is 30.9 Å². The Hall–Kier alpha value is -0.640. The molecule has 2 rings (SSSR count). The summed E-state index contributed by atoms with van der Waals surface area (Å²) in [6.07, 6.45) is 0.771. The summed E-state index contributed by atoms with van der Waals surface area (Å²) in [7, 11) is 0. The van der Waals surface area contributed by atoms with E-state index in [1.54, 1.807) is 12.1 Å². The second kappa shape index (κ2) is 5.13. The summed E-state index contributed by atoms with van der Waals surface area (Å²) in [5.41, 5.74) is 0.330. The fourth-order valence-electron chi connectivity index (χ4n) is 2.03. The summed E-state index contributed by atoms with van der Waals surface area (Å²) < 4.78 is 18.8. The maximum atomic E-state index is 13.6. The molecular formula is C12H14ClFO2. The van der Waals surface area contributed by atoms with Gasteiger partial charge < -0.3 is 9.84 Å². The average molecular weight is 245 g/mol. The third-order valence-corrected chi connectivity index (χ3v) is 3.23. The molecule has 0 saturated carbocycles. The van der Waals surface area contributed by atoms with Crippen molar-refractivity contribution in [1.29, 1.82) is 0 Å². The molecule has 1 aromatic rings. The SMILES string of the molecule is OC(c1ccc(Cl)cc1F)C1CCOCC1. The highest BCUT2D eigenvalue weighted by molar-refractivity contribution is 6.30. The van der Waals surface area contributed by atoms with Crippen LogP contribution in [-0.2, 0) is 4.74 Å². The van der Waals surface area contributed by atoms with Crippen molar-refractivity contribution in [3.63, 3.8) is 0 Å². The molecule has 0 amide bonds. The summed E-state index contributed by atoms with van der Waals surface area (Å²) >= 11 is 5.67. The van der Waals surface area contributed by atoms with Crippen molar-refractivity contribution in [2.75, 3.05) is 13.2 Å². The van der Waals surface area contributed by atoms with E-state index in [-0.39, 0.29) is 5.92 Å². The molecule has 0 spiro atoms. The van der Waals surface area contributed by atoms with Crippen molar-refractivity contribution in [2.24, 2.45) is 5.92 Å². The Morgan fingerprint density at radius 1 is 1.38 bits per heavy atom. The van der Waals surface area contributed by atoms with Crippen LogP contribution in [0.1, 0.15) is 24.5 Å². The minimum Gasteiger partial charge on any atom is -0.388 e. The molecule has 0 aliphatic carbocycles. The van der Waals surface area contributed by atoms with Crippen LogP contribution in [0.4, 0.5) is 4.39 Å². The van der Waals surface area contributed by atoms with Gasteiger partial charge in [0.15, 0.2) is 0 Å². The van der Waals surface area contributed by atoms with E-state index in [4.69, 9.17) is 16.3 Å². The summed E-state index contributed by atoms with van der Waals surface area (Å²) in [6.45, 7) is 1.27. The number of halogens is 2. The lowest BCUT2D eigenvalue weighted by molar-refractivity contribution is 0.00590. The molecule has 0 bridgehead atoms. The zero-order valence-corrected chi connectivity index (χ0v) is 9.58. The lowest BCUT2D eigenvalue weighted by atomic mass is 9.89. The molecule has 1 N–H and O–H groups in total. The summed E-state index contributed by atoms with van der Waals surface area (Å²) in [5, 5.41) is 10.4. The van der Waals surface area contributed by atoms with E-state index in [0.29, 0.717) is 23.8 Å². The first-order valence-electron chi connectivity index (χ1n) is 5.39. The monoisotopic (exact) mass is 244 g/mol. The van der Waals surface area contributed by atoms with Crippen LogP contribution in [0, 0.1) is 11.7 Å². The van der Waals surface area contributed by atoms with Gasteiger partial charge in [0.25, 0.3) is 0 Å². The molecular weight excluding hydrogens is 231 g/mol. The zero-order chi connectivity index (χ0) is 11.5. The highest BCUT2D eigenvalue weighted by Crippen LogP contribution is 2.32. The fourth-order valence-corrected chi connectivity index (χ4v) is 2.19. The van der Waals surface area contributed by atoms with Crippen LogP contribution in [0.2, 0.25) is 5.02 Å². The van der Waals surface area contributed by atoms with Crippen LogP contribution in [0.25, 0.3) is 0 Å². The Balaban J connectivity index is 2.15. The van der Waals surface area contributed by atoms with Gasteiger partial charge in [-0.15, -0.1) is 0 Å². The van der Waals surface area contributed by atoms with Gasteiger partial charge in [-0.2, -0.15) is 0 Å². The Bertz CT molecular complexity index is 364. The van der Waals surface area contributed by atoms with Gasteiger partial charge in [-0.1, -0.05) is 17.7 Å². The standard InChI is InChI=1S/C12H14ClFO2/c13-9-1-2-10(11(14)7-9)12(15)8-3-5-16-6-4-8/h1-2,7-8,12,15H,3-6H2. The molecule has 1 fully saturated rings. The molecule has 1 aliphatic heterocycles. The van der Waals surface area contributed by atoms with Gasteiger partial charge in [0.2, 0.25) is 0 Å². The Kier molecular flexibility index (Phi) is 3.79. The Morgan fingerprint density at radius 2 is 2.06 bits per heavy atom. The molecule has 1 aromatic carbocycles. The smallest absolute Gasteiger partial charge is 0.130 e. The van der Waals surface area contributed by atoms with E-state index in [9.17, 15) is 9.50 Å². The van der Waals surface area contributed by atoms with Gasteiger partial charge in [-0.3, -0.25) is 0 Å². The maximum Gasteiger partial charge on any atom is 0.130 e. The third kappa shape index (κ3) is 2.54. The lowest BCUT2D eigenvalue weighted by Crippen LogP contribution is -2.22. The van der Waals surface area contributed by atoms with Gasteiger partial charge in [0.1, 0.15) is 5.82 Å². The predicted molar refractivity (Wildman–Crippen MR) is 59.9 cm³/mol. The number of aliphatic hydroxyl groups excluding tert-OH is 1. The highest BCUT2D eigenvalue weighted by Gasteiger charge is 2.25. The van der Waals surface area contributed by atoms with Crippen molar-refractivity contribution in [2.45, 2.75) is 18.9 Å². The molecule has 1 atom stereocenters. The van der Waals surface area contributed by atoms with Crippen LogP contribution in [-0.4, -0.2) is 18.3 Å². The molecule has 2 nitrogen and oxygen atoms in total. The molecule has 0 aromatic heterocycles. The van der Waals surface area contributed by atoms with Gasteiger partial charge in [0.05, 0.1) is 6.10 Å². The predicted octanol–water partition coefficient (Wildman–Crippen LogP) is 2.94. The third-order valence-electron chi connectivity index (χ3n) is 2.99. The molecule has 0 radical (unpaired) electrons. The van der Waals surface area contributed by atoms with Crippen molar-refractivity contribution in [3.8, 4) is 0 Å². The first-order chi connectivity index (χ1) is 7.68. The van der Waals surface area contributed by atoms with E-state index in [2.05, 4.69) is 0 Å². The quantitative estimate of drug-likeness (QED) is 0.867. The minimum atomic E-state index is -0.763. The van der Waals surface area contributed by atoms with E-state index >= 15 is 0 Å². The van der Waals surface area contributed by atoms with Crippen LogP contribution >= 0.6 is 11.6 Å². The topological polar surface area (TPSA) is 29.5 Å². The summed E-state index contributed by atoms with van der Waals surface area (Å²) in [4.78, 5) is 0. The first-order valence-corrected chi connectivity index (χ1v) is 5.77. The Labute approximate surface area is 99.0 Å². The van der Waals surface area contributed by atoms with Crippen molar-refractivity contribution in [3.05, 3.63) is 34.6 Å². The Morgan fingerprint density at radius 3 is 2.69 bits per heavy atom. The second-order valence-electron chi connectivity index (χ2n) is 4.06. The van der Waals surface area contributed by atoms with Crippen LogP contribution < -0.4 is 0 Å². The van der Waals surface area contributed by atoms with Crippen LogP contribution in [0.5, 0.6) is 0 Å². The van der Waals surface area contributed by atoms with Crippen LogP contribution in [0.3, 0.4) is 0 Å². The number of ether oxygens (including phenoxy) is 1. The second-order valence-corrected chi connectivity index (χ2v) is 4.50. The van der Waals surface area contributed by atoms with E-state index in [0.717, 1.165) is 12.8 Å². The number of benzene rings is 1. The molecule has 1 aliphatic rings. The van der Waals surface area contributed by atoms with E-state index in [1.165, 1.54) is 6.07 Å². The van der Waals surface area contributed by atoms with Crippen molar-refractivity contribution >= 4 is 11.6 Å². The number of rotatable bonds is 2. The molecule has 1 saturated heterocycles.